The standard InChI is InChI=1S/C13H15N3O2/c14-13-15-9-10(12(17)16-13)5-4-8-18-11-6-2-1-3-7-11/h1-3,6-7,9H,4-5,8H2,(H3,14,15,16,17). The van der Waals surface area contributed by atoms with Crippen molar-refractivity contribution in [3.05, 3.63) is 52.4 Å². The van der Waals surface area contributed by atoms with E-state index in [-0.39, 0.29) is 11.5 Å². The van der Waals surface area contributed by atoms with Crippen LogP contribution in [-0.2, 0) is 6.42 Å². The van der Waals surface area contributed by atoms with Gasteiger partial charge in [-0.25, -0.2) is 4.98 Å². The molecule has 0 aliphatic heterocycles. The summed E-state index contributed by atoms with van der Waals surface area (Å²) in [6.07, 6.45) is 2.88. The van der Waals surface area contributed by atoms with Crippen molar-refractivity contribution in [1.82, 2.24) is 9.97 Å². The fourth-order valence-corrected chi connectivity index (χ4v) is 1.58. The second-order valence-corrected chi connectivity index (χ2v) is 3.89. The van der Waals surface area contributed by atoms with E-state index >= 15 is 0 Å². The lowest BCUT2D eigenvalue weighted by Gasteiger charge is -2.05. The normalized spacial score (nSPS) is 10.2. The van der Waals surface area contributed by atoms with Crippen molar-refractivity contribution in [2.24, 2.45) is 0 Å². The van der Waals surface area contributed by atoms with Crippen LogP contribution in [-0.4, -0.2) is 16.6 Å². The van der Waals surface area contributed by atoms with E-state index in [9.17, 15) is 4.79 Å². The van der Waals surface area contributed by atoms with Crippen LogP contribution in [0.1, 0.15) is 12.0 Å². The Morgan fingerprint density at radius 1 is 1.28 bits per heavy atom. The summed E-state index contributed by atoms with van der Waals surface area (Å²) < 4.78 is 5.53. The molecule has 5 heteroatoms. The summed E-state index contributed by atoms with van der Waals surface area (Å²) in [5.41, 5.74) is 5.81. The van der Waals surface area contributed by atoms with Crippen molar-refractivity contribution >= 4 is 5.95 Å². The Balaban J connectivity index is 1.80. The molecule has 0 saturated heterocycles. The number of ether oxygens (including phenoxy) is 1. The molecular weight excluding hydrogens is 230 g/mol. The molecule has 1 heterocycles. The van der Waals surface area contributed by atoms with Gasteiger partial charge in [0.15, 0.2) is 5.95 Å². The number of nitrogens with two attached hydrogens (primary N) is 1. The minimum atomic E-state index is -0.179. The van der Waals surface area contributed by atoms with E-state index in [1.807, 2.05) is 30.3 Å². The Kier molecular flexibility index (Phi) is 3.96. The molecular formula is C13H15N3O2. The van der Waals surface area contributed by atoms with Gasteiger partial charge in [-0.15, -0.1) is 0 Å². The molecule has 5 nitrogen and oxygen atoms in total. The highest BCUT2D eigenvalue weighted by Crippen LogP contribution is 2.08. The van der Waals surface area contributed by atoms with Gasteiger partial charge in [0, 0.05) is 11.8 Å². The Labute approximate surface area is 105 Å². The zero-order valence-corrected chi connectivity index (χ0v) is 9.93. The highest BCUT2D eigenvalue weighted by molar-refractivity contribution is 5.21. The van der Waals surface area contributed by atoms with Crippen LogP contribution in [0.5, 0.6) is 5.75 Å². The lowest BCUT2D eigenvalue weighted by atomic mass is 10.2. The zero-order valence-electron chi connectivity index (χ0n) is 9.93. The molecule has 2 aromatic rings. The maximum absolute atomic E-state index is 11.5. The van der Waals surface area contributed by atoms with E-state index < -0.39 is 0 Å². The van der Waals surface area contributed by atoms with E-state index in [1.54, 1.807) is 0 Å². The molecule has 1 aromatic heterocycles. The summed E-state index contributed by atoms with van der Waals surface area (Å²) in [6, 6.07) is 9.58. The Hall–Kier alpha value is -2.30. The summed E-state index contributed by atoms with van der Waals surface area (Å²) in [7, 11) is 0. The van der Waals surface area contributed by atoms with Crippen LogP contribution >= 0.6 is 0 Å². The minimum Gasteiger partial charge on any atom is -0.494 e. The van der Waals surface area contributed by atoms with Crippen LogP contribution in [0, 0.1) is 0 Å². The summed E-state index contributed by atoms with van der Waals surface area (Å²) in [6.45, 7) is 0.563. The first-order chi connectivity index (χ1) is 8.75. The van der Waals surface area contributed by atoms with E-state index in [0.29, 0.717) is 18.6 Å². The quantitative estimate of drug-likeness (QED) is 0.779. The number of rotatable bonds is 5. The molecule has 18 heavy (non-hydrogen) atoms. The third-order valence-corrected chi connectivity index (χ3v) is 2.50. The number of hydrogen-bond acceptors (Lipinski definition) is 4. The molecule has 2 rings (SSSR count). The molecule has 0 unspecified atom stereocenters. The van der Waals surface area contributed by atoms with Crippen LogP contribution < -0.4 is 16.0 Å². The lowest BCUT2D eigenvalue weighted by Crippen LogP contribution is -2.16. The van der Waals surface area contributed by atoms with Crippen molar-refractivity contribution in [3.63, 3.8) is 0 Å². The second kappa shape index (κ2) is 5.86. The van der Waals surface area contributed by atoms with E-state index in [4.69, 9.17) is 10.5 Å². The third-order valence-electron chi connectivity index (χ3n) is 2.50. The van der Waals surface area contributed by atoms with Gasteiger partial charge in [0.05, 0.1) is 6.61 Å². The van der Waals surface area contributed by atoms with Crippen molar-refractivity contribution < 1.29 is 4.74 Å². The van der Waals surface area contributed by atoms with Gasteiger partial charge in [-0.1, -0.05) is 18.2 Å². The summed E-state index contributed by atoms with van der Waals surface area (Å²) >= 11 is 0. The molecule has 0 bridgehead atoms. The molecule has 94 valence electrons. The number of anilines is 1. The van der Waals surface area contributed by atoms with Crippen molar-refractivity contribution in [2.45, 2.75) is 12.8 Å². The number of benzene rings is 1. The smallest absolute Gasteiger partial charge is 0.255 e. The Morgan fingerprint density at radius 3 is 2.78 bits per heavy atom. The van der Waals surface area contributed by atoms with Gasteiger partial charge in [-0.3, -0.25) is 9.78 Å². The maximum Gasteiger partial charge on any atom is 0.255 e. The number of H-pyrrole nitrogens is 1. The molecule has 0 atom stereocenters. The van der Waals surface area contributed by atoms with Gasteiger partial charge < -0.3 is 10.5 Å². The molecule has 0 saturated carbocycles. The molecule has 0 amide bonds. The molecule has 0 spiro atoms. The molecule has 1 aromatic carbocycles. The van der Waals surface area contributed by atoms with Crippen LogP contribution in [0.2, 0.25) is 0 Å². The first kappa shape index (κ1) is 12.2. The summed E-state index contributed by atoms with van der Waals surface area (Å²) in [4.78, 5) is 17.8. The second-order valence-electron chi connectivity index (χ2n) is 3.89. The fraction of sp³-hybridized carbons (Fsp3) is 0.231. The van der Waals surface area contributed by atoms with Crippen LogP contribution in [0.4, 0.5) is 5.95 Å². The van der Waals surface area contributed by atoms with Crippen molar-refractivity contribution in [2.75, 3.05) is 12.3 Å². The topological polar surface area (TPSA) is 81.0 Å². The number of nitrogens with one attached hydrogen (secondary N) is 1. The number of para-hydroxylation sites is 1. The van der Waals surface area contributed by atoms with Crippen LogP contribution in [0.25, 0.3) is 0 Å². The van der Waals surface area contributed by atoms with E-state index in [2.05, 4.69) is 9.97 Å². The average molecular weight is 245 g/mol. The van der Waals surface area contributed by atoms with Gasteiger partial charge in [-0.2, -0.15) is 0 Å². The van der Waals surface area contributed by atoms with E-state index in [0.717, 1.165) is 12.2 Å². The number of nitrogens with zero attached hydrogens (tertiary/aromatic N) is 1. The van der Waals surface area contributed by atoms with E-state index in [1.165, 1.54) is 6.20 Å². The first-order valence-corrected chi connectivity index (χ1v) is 5.77. The van der Waals surface area contributed by atoms with Crippen molar-refractivity contribution in [1.29, 1.82) is 0 Å². The number of aromatic amines is 1. The maximum atomic E-state index is 11.5. The van der Waals surface area contributed by atoms with Crippen LogP contribution in [0.15, 0.2) is 41.3 Å². The monoisotopic (exact) mass is 245 g/mol. The highest BCUT2D eigenvalue weighted by Gasteiger charge is 2.01. The average Bonchev–Trinajstić information content (AvgIpc) is 2.38. The van der Waals surface area contributed by atoms with Gasteiger partial charge in [0.2, 0.25) is 0 Å². The lowest BCUT2D eigenvalue weighted by molar-refractivity contribution is 0.311. The molecule has 0 fully saturated rings. The van der Waals surface area contributed by atoms with Crippen LogP contribution in [0.3, 0.4) is 0 Å². The minimum absolute atomic E-state index is 0.143. The molecule has 0 aliphatic rings. The predicted octanol–water partition coefficient (Wildman–Crippen LogP) is 1.36. The van der Waals surface area contributed by atoms with Gasteiger partial charge >= 0.3 is 0 Å². The highest BCUT2D eigenvalue weighted by atomic mass is 16.5. The van der Waals surface area contributed by atoms with Gasteiger partial charge in [-0.05, 0) is 25.0 Å². The number of hydrogen-bond donors (Lipinski definition) is 2. The summed E-state index contributed by atoms with van der Waals surface area (Å²) in [5, 5.41) is 0. The fourth-order valence-electron chi connectivity index (χ4n) is 1.58. The predicted molar refractivity (Wildman–Crippen MR) is 69.5 cm³/mol. The Bertz CT molecular complexity index is 552. The zero-order chi connectivity index (χ0) is 12.8. The number of aryl methyl sites for hydroxylation is 1. The third kappa shape index (κ3) is 3.35. The number of nitrogen functional groups attached to an aromatic ring is 1. The largest absolute Gasteiger partial charge is 0.494 e. The first-order valence-electron chi connectivity index (χ1n) is 5.77. The molecule has 3 N–H and O–H groups in total. The van der Waals surface area contributed by atoms with Crippen molar-refractivity contribution in [3.8, 4) is 5.75 Å². The SMILES string of the molecule is Nc1ncc(CCCOc2ccccc2)c(=O)[nH]1. The molecule has 0 radical (unpaired) electrons. The van der Waals surface area contributed by atoms with Gasteiger partial charge in [0.25, 0.3) is 5.56 Å². The van der Waals surface area contributed by atoms with Gasteiger partial charge in [0.1, 0.15) is 5.75 Å². The Morgan fingerprint density at radius 2 is 2.06 bits per heavy atom. The number of aromatic nitrogens is 2. The molecule has 0 aliphatic carbocycles. The summed E-state index contributed by atoms with van der Waals surface area (Å²) in [5.74, 6) is 0.978.